The van der Waals surface area contributed by atoms with Crippen LogP contribution >= 0.6 is 43.5 Å². The summed E-state index contributed by atoms with van der Waals surface area (Å²) in [6.45, 7) is 1.83. The zero-order valence-corrected chi connectivity index (χ0v) is 22.8. The van der Waals surface area contributed by atoms with Crippen molar-refractivity contribution in [3.63, 3.8) is 0 Å². The van der Waals surface area contributed by atoms with Crippen molar-refractivity contribution in [1.82, 2.24) is 5.43 Å². The molecule has 0 radical (unpaired) electrons. The number of carbonyl (C=O) groups is 2. The Morgan fingerprint density at radius 1 is 1.06 bits per heavy atom. The second-order valence-electron chi connectivity index (χ2n) is 7.37. The third-order valence-corrected chi connectivity index (χ3v) is 6.39. The number of nitrogens with one attached hydrogen (secondary N) is 2. The van der Waals surface area contributed by atoms with Crippen molar-refractivity contribution < 1.29 is 19.1 Å². The quantitative estimate of drug-likeness (QED) is 0.169. The molecule has 2 amide bonds. The Bertz CT molecular complexity index is 1240. The molecule has 182 valence electrons. The molecule has 3 rings (SSSR count). The molecular weight excluding hydrogens is 602 g/mol. The Balaban J connectivity index is 1.61. The molecule has 0 saturated heterocycles. The van der Waals surface area contributed by atoms with Gasteiger partial charge in [-0.25, -0.2) is 5.43 Å². The number of amides is 2. The fourth-order valence-electron chi connectivity index (χ4n) is 2.88. The molecule has 1 unspecified atom stereocenters. The van der Waals surface area contributed by atoms with E-state index in [1.165, 1.54) is 20.2 Å². The Kier molecular flexibility index (Phi) is 9.71. The fraction of sp³-hybridized carbons (Fsp3) is 0.160. The molecular formula is C25H22Br2ClN3O4. The number of carbonyl (C=O) groups excluding carboxylic acids is 2. The molecule has 0 aromatic heterocycles. The predicted octanol–water partition coefficient (Wildman–Crippen LogP) is 6.18. The van der Waals surface area contributed by atoms with Gasteiger partial charge in [0.05, 0.1) is 23.5 Å². The molecule has 0 spiro atoms. The molecule has 7 nitrogen and oxygen atoms in total. The summed E-state index contributed by atoms with van der Waals surface area (Å²) in [5.74, 6) is -0.927. The van der Waals surface area contributed by atoms with Crippen LogP contribution in [0.5, 0.6) is 11.5 Å². The minimum atomic E-state index is -0.954. The van der Waals surface area contributed by atoms with Crippen LogP contribution in [0.4, 0.5) is 5.69 Å². The molecule has 0 bridgehead atoms. The normalized spacial score (nSPS) is 11.7. The van der Waals surface area contributed by atoms with Crippen LogP contribution in [0.1, 0.15) is 18.1 Å². The van der Waals surface area contributed by atoms with E-state index in [1.807, 2.05) is 18.2 Å². The first-order valence-electron chi connectivity index (χ1n) is 10.4. The molecule has 1 atom stereocenters. The highest BCUT2D eigenvalue weighted by Crippen LogP contribution is 2.37. The third kappa shape index (κ3) is 7.55. The van der Waals surface area contributed by atoms with Gasteiger partial charge in [-0.05, 0) is 86.3 Å². The lowest BCUT2D eigenvalue weighted by atomic mass is 10.1. The number of anilines is 1. The summed E-state index contributed by atoms with van der Waals surface area (Å²) in [7, 11) is 1.53. The first kappa shape index (κ1) is 26.7. The summed E-state index contributed by atoms with van der Waals surface area (Å²) in [6.07, 6.45) is 1.45. The summed E-state index contributed by atoms with van der Waals surface area (Å²) < 4.78 is 12.8. The van der Waals surface area contributed by atoms with Crippen molar-refractivity contribution in [3.05, 3.63) is 85.8 Å². The maximum absolute atomic E-state index is 12.4. The van der Waals surface area contributed by atoms with Gasteiger partial charge in [-0.1, -0.05) is 35.9 Å². The van der Waals surface area contributed by atoms with E-state index in [2.05, 4.69) is 47.7 Å². The molecule has 0 heterocycles. The van der Waals surface area contributed by atoms with Gasteiger partial charge in [0.25, 0.3) is 5.91 Å². The van der Waals surface area contributed by atoms with Crippen molar-refractivity contribution in [2.45, 2.75) is 13.5 Å². The highest BCUT2D eigenvalue weighted by atomic mass is 79.9. The SMILES string of the molecule is COc1cc(C=NNC(=O)C(C)C(=O)Nc2ccccc2Br)cc(Br)c1OCc1ccc(Cl)cc1. The van der Waals surface area contributed by atoms with Gasteiger partial charge in [0.2, 0.25) is 5.91 Å². The largest absolute Gasteiger partial charge is 0.493 e. The van der Waals surface area contributed by atoms with Crippen LogP contribution in [0, 0.1) is 5.92 Å². The number of halogens is 3. The predicted molar refractivity (Wildman–Crippen MR) is 144 cm³/mol. The Morgan fingerprint density at radius 3 is 2.46 bits per heavy atom. The zero-order valence-electron chi connectivity index (χ0n) is 18.8. The van der Waals surface area contributed by atoms with Gasteiger partial charge in [-0.2, -0.15) is 5.10 Å². The second kappa shape index (κ2) is 12.7. The van der Waals surface area contributed by atoms with Crippen LogP contribution < -0.4 is 20.2 Å². The van der Waals surface area contributed by atoms with Crippen LogP contribution in [-0.4, -0.2) is 25.1 Å². The van der Waals surface area contributed by atoms with E-state index in [-0.39, 0.29) is 0 Å². The number of hydrazone groups is 1. The summed E-state index contributed by atoms with van der Waals surface area (Å²) in [6, 6.07) is 18.0. The summed E-state index contributed by atoms with van der Waals surface area (Å²) in [5.41, 5.74) is 4.58. The number of benzene rings is 3. The van der Waals surface area contributed by atoms with Crippen LogP contribution in [0.2, 0.25) is 5.02 Å². The summed E-state index contributed by atoms with van der Waals surface area (Å²) in [4.78, 5) is 24.8. The minimum absolute atomic E-state index is 0.328. The van der Waals surface area contributed by atoms with Gasteiger partial charge in [0.1, 0.15) is 12.5 Å². The number of hydrogen-bond donors (Lipinski definition) is 2. The smallest absolute Gasteiger partial charge is 0.252 e. The van der Waals surface area contributed by atoms with Gasteiger partial charge in [-0.15, -0.1) is 0 Å². The first-order chi connectivity index (χ1) is 16.8. The van der Waals surface area contributed by atoms with Crippen molar-refractivity contribution >= 4 is 67.2 Å². The lowest BCUT2D eigenvalue weighted by Crippen LogP contribution is -2.34. The number of methoxy groups -OCH3 is 1. The maximum atomic E-state index is 12.4. The summed E-state index contributed by atoms with van der Waals surface area (Å²) in [5, 5.41) is 7.34. The first-order valence-corrected chi connectivity index (χ1v) is 12.4. The minimum Gasteiger partial charge on any atom is -0.493 e. The average molecular weight is 624 g/mol. The van der Waals surface area contributed by atoms with Crippen LogP contribution in [-0.2, 0) is 16.2 Å². The van der Waals surface area contributed by atoms with Crippen LogP contribution in [0.15, 0.2) is 74.7 Å². The maximum Gasteiger partial charge on any atom is 0.252 e. The number of rotatable bonds is 9. The van der Waals surface area contributed by atoms with E-state index < -0.39 is 17.7 Å². The van der Waals surface area contributed by atoms with Crippen molar-refractivity contribution in [1.29, 1.82) is 0 Å². The molecule has 0 aliphatic heterocycles. The molecule has 0 aliphatic rings. The molecule has 0 saturated carbocycles. The van der Waals surface area contributed by atoms with Gasteiger partial charge in [0.15, 0.2) is 11.5 Å². The average Bonchev–Trinajstić information content (AvgIpc) is 2.84. The Labute approximate surface area is 225 Å². The van der Waals surface area contributed by atoms with Crippen molar-refractivity contribution in [3.8, 4) is 11.5 Å². The van der Waals surface area contributed by atoms with E-state index in [1.54, 1.807) is 42.5 Å². The van der Waals surface area contributed by atoms with E-state index in [0.717, 1.165) is 10.0 Å². The van der Waals surface area contributed by atoms with E-state index >= 15 is 0 Å². The molecule has 10 heteroatoms. The lowest BCUT2D eigenvalue weighted by molar-refractivity contribution is -0.131. The van der Waals surface area contributed by atoms with E-state index in [0.29, 0.717) is 38.9 Å². The number of hydrogen-bond acceptors (Lipinski definition) is 5. The standard InChI is InChI=1S/C25H22Br2ClN3O4/c1-15(24(32)30-21-6-4-3-5-19(21)26)25(33)31-29-13-17-11-20(27)23(22(12-17)34-2)35-14-16-7-9-18(28)10-8-16/h3-13,15H,14H2,1-2H3,(H,30,32)(H,31,33). The number of ether oxygens (including phenoxy) is 2. The monoisotopic (exact) mass is 621 g/mol. The van der Waals surface area contributed by atoms with Crippen molar-refractivity contribution in [2.24, 2.45) is 11.0 Å². The molecule has 0 fully saturated rings. The zero-order chi connectivity index (χ0) is 25.4. The highest BCUT2D eigenvalue weighted by Gasteiger charge is 2.22. The van der Waals surface area contributed by atoms with Crippen molar-refractivity contribution in [2.75, 3.05) is 12.4 Å². The van der Waals surface area contributed by atoms with Gasteiger partial charge >= 0.3 is 0 Å². The second-order valence-corrected chi connectivity index (χ2v) is 9.52. The highest BCUT2D eigenvalue weighted by molar-refractivity contribution is 9.11. The lowest BCUT2D eigenvalue weighted by Gasteiger charge is -2.14. The fourth-order valence-corrected chi connectivity index (χ4v) is 3.96. The molecule has 0 aliphatic carbocycles. The summed E-state index contributed by atoms with van der Waals surface area (Å²) >= 11 is 12.8. The Hall–Kier alpha value is -2.88. The number of nitrogens with zero attached hydrogens (tertiary/aromatic N) is 1. The topological polar surface area (TPSA) is 89.0 Å². The van der Waals surface area contributed by atoms with Gasteiger partial charge in [-0.3, -0.25) is 9.59 Å². The van der Waals surface area contributed by atoms with Gasteiger partial charge < -0.3 is 14.8 Å². The van der Waals surface area contributed by atoms with E-state index in [9.17, 15) is 9.59 Å². The molecule has 35 heavy (non-hydrogen) atoms. The third-order valence-electron chi connectivity index (χ3n) is 4.85. The molecule has 2 N–H and O–H groups in total. The van der Waals surface area contributed by atoms with Crippen LogP contribution in [0.3, 0.4) is 0 Å². The van der Waals surface area contributed by atoms with E-state index in [4.69, 9.17) is 21.1 Å². The van der Waals surface area contributed by atoms with Gasteiger partial charge in [0, 0.05) is 9.50 Å². The van der Waals surface area contributed by atoms with Crippen LogP contribution in [0.25, 0.3) is 0 Å². The number of para-hydroxylation sites is 1. The molecule has 3 aromatic carbocycles. The Morgan fingerprint density at radius 2 is 1.77 bits per heavy atom. The molecule has 3 aromatic rings.